The molecule has 0 atom stereocenters. The molecular formula is C7H5F. The Balaban J connectivity index is 2.90. The summed E-state index contributed by atoms with van der Waals surface area (Å²) in [4.78, 5) is 0. The van der Waals surface area contributed by atoms with Crippen LogP contribution in [0.5, 0.6) is 0 Å². The zero-order valence-electron chi connectivity index (χ0n) is 4.26. The molecule has 0 aromatic heterocycles. The van der Waals surface area contributed by atoms with E-state index >= 15 is 0 Å². The van der Waals surface area contributed by atoms with Crippen molar-refractivity contribution in [3.63, 3.8) is 0 Å². The van der Waals surface area contributed by atoms with E-state index in [0.29, 0.717) is 0 Å². The summed E-state index contributed by atoms with van der Waals surface area (Å²) >= 11 is 0. The fourth-order valence-electron chi connectivity index (χ4n) is 0.434. The first-order valence-corrected chi connectivity index (χ1v) is 2.34. The number of rotatable bonds is 0. The molecular weight excluding hydrogens is 103 g/mol. The molecule has 0 saturated carbocycles. The van der Waals surface area contributed by atoms with Gasteiger partial charge in [-0.15, -0.1) is 5.73 Å². The minimum atomic E-state index is -0.230. The maximum atomic E-state index is 12.1. The van der Waals surface area contributed by atoms with Crippen LogP contribution in [0.3, 0.4) is 0 Å². The number of allylic oxidation sites excluding steroid dienone is 5. The van der Waals surface area contributed by atoms with E-state index in [4.69, 9.17) is 0 Å². The molecule has 0 amide bonds. The fourth-order valence-corrected chi connectivity index (χ4v) is 0.434. The summed E-state index contributed by atoms with van der Waals surface area (Å²) in [5, 5.41) is 0. The van der Waals surface area contributed by atoms with Crippen LogP contribution in [0.25, 0.3) is 0 Å². The van der Waals surface area contributed by atoms with Gasteiger partial charge >= 0.3 is 0 Å². The van der Waals surface area contributed by atoms with Gasteiger partial charge in [-0.1, -0.05) is 6.08 Å². The average Bonchev–Trinajstić information content (AvgIpc) is 1.94. The van der Waals surface area contributed by atoms with E-state index in [-0.39, 0.29) is 5.83 Å². The van der Waals surface area contributed by atoms with Gasteiger partial charge in [0.15, 0.2) is 0 Å². The normalized spacial score (nSPS) is 15.9. The molecule has 0 unspecified atom stereocenters. The van der Waals surface area contributed by atoms with Crippen molar-refractivity contribution in [3.8, 4) is 0 Å². The van der Waals surface area contributed by atoms with E-state index in [1.54, 1.807) is 12.2 Å². The molecule has 8 heavy (non-hydrogen) atoms. The predicted molar refractivity (Wildman–Crippen MR) is 31.0 cm³/mol. The highest BCUT2D eigenvalue weighted by atomic mass is 19.1. The summed E-state index contributed by atoms with van der Waals surface area (Å²) in [5.41, 5.74) is 2.72. The first kappa shape index (κ1) is 5.07. The Labute approximate surface area is 47.3 Å². The van der Waals surface area contributed by atoms with Gasteiger partial charge in [0, 0.05) is 0 Å². The van der Waals surface area contributed by atoms with Crippen LogP contribution >= 0.6 is 0 Å². The highest BCUT2D eigenvalue weighted by Crippen LogP contribution is 2.00. The third kappa shape index (κ3) is 1.21. The van der Waals surface area contributed by atoms with E-state index < -0.39 is 0 Å². The molecule has 40 valence electrons. The van der Waals surface area contributed by atoms with Gasteiger partial charge in [-0.05, 0) is 24.3 Å². The van der Waals surface area contributed by atoms with Crippen LogP contribution in [0.4, 0.5) is 4.39 Å². The van der Waals surface area contributed by atoms with E-state index in [1.807, 2.05) is 0 Å². The zero-order valence-corrected chi connectivity index (χ0v) is 4.26. The third-order valence-corrected chi connectivity index (χ3v) is 0.787. The van der Waals surface area contributed by atoms with Crippen molar-refractivity contribution >= 4 is 0 Å². The van der Waals surface area contributed by atoms with E-state index in [0.717, 1.165) is 0 Å². The maximum Gasteiger partial charge on any atom is 0.123 e. The molecule has 0 radical (unpaired) electrons. The van der Waals surface area contributed by atoms with Crippen molar-refractivity contribution in [3.05, 3.63) is 41.9 Å². The van der Waals surface area contributed by atoms with Gasteiger partial charge in [-0.3, -0.25) is 0 Å². The molecule has 1 rings (SSSR count). The highest BCUT2D eigenvalue weighted by Gasteiger charge is 1.81. The summed E-state index contributed by atoms with van der Waals surface area (Å²) in [7, 11) is 0. The number of halogens is 1. The molecule has 1 heteroatoms. The number of hydrogen-bond acceptors (Lipinski definition) is 0. The lowest BCUT2D eigenvalue weighted by Crippen LogP contribution is -1.57. The summed E-state index contributed by atoms with van der Waals surface area (Å²) in [6, 6.07) is 0. The van der Waals surface area contributed by atoms with Crippen molar-refractivity contribution in [2.75, 3.05) is 0 Å². The molecule has 1 aliphatic carbocycles. The molecule has 0 nitrogen and oxygen atoms in total. The minimum absolute atomic E-state index is 0.230. The van der Waals surface area contributed by atoms with Gasteiger partial charge in [0.1, 0.15) is 5.83 Å². The Hall–Kier alpha value is -1.07. The molecule has 0 aliphatic heterocycles. The van der Waals surface area contributed by atoms with Gasteiger partial charge in [0.25, 0.3) is 0 Å². The largest absolute Gasteiger partial charge is 0.207 e. The van der Waals surface area contributed by atoms with Crippen molar-refractivity contribution in [1.82, 2.24) is 0 Å². The Bertz CT molecular complexity index is 190. The second-order valence-electron chi connectivity index (χ2n) is 1.41. The van der Waals surface area contributed by atoms with Crippen molar-refractivity contribution < 1.29 is 4.39 Å². The van der Waals surface area contributed by atoms with E-state index in [9.17, 15) is 4.39 Å². The second kappa shape index (κ2) is 2.29. The Morgan fingerprint density at radius 1 is 1.38 bits per heavy atom. The third-order valence-electron chi connectivity index (χ3n) is 0.787. The Morgan fingerprint density at radius 2 is 2.25 bits per heavy atom. The predicted octanol–water partition coefficient (Wildman–Crippen LogP) is 2.12. The monoisotopic (exact) mass is 108 g/mol. The van der Waals surface area contributed by atoms with Crippen LogP contribution in [0.2, 0.25) is 0 Å². The molecule has 0 bridgehead atoms. The molecule has 0 N–H and O–H groups in total. The zero-order chi connectivity index (χ0) is 5.82. The molecule has 0 spiro atoms. The van der Waals surface area contributed by atoms with Gasteiger partial charge in [0.05, 0.1) is 0 Å². The summed E-state index contributed by atoms with van der Waals surface area (Å²) in [5.74, 6) is -0.230. The van der Waals surface area contributed by atoms with Crippen molar-refractivity contribution in [2.45, 2.75) is 0 Å². The standard InChI is InChI=1S/C7H5F/c8-7-5-3-1-2-4-6-7/h1,3-6H. The summed E-state index contributed by atoms with van der Waals surface area (Å²) in [6.45, 7) is 0. The lowest BCUT2D eigenvalue weighted by molar-refractivity contribution is 0.667. The maximum absolute atomic E-state index is 12.1. The second-order valence-corrected chi connectivity index (χ2v) is 1.41. The van der Waals surface area contributed by atoms with Gasteiger partial charge < -0.3 is 0 Å². The fraction of sp³-hybridized carbons (Fsp3) is 0. The molecule has 1 aliphatic rings. The van der Waals surface area contributed by atoms with Gasteiger partial charge in [-0.25, -0.2) is 4.39 Å². The average molecular weight is 108 g/mol. The van der Waals surface area contributed by atoms with Crippen molar-refractivity contribution in [1.29, 1.82) is 0 Å². The van der Waals surface area contributed by atoms with Gasteiger partial charge in [0.2, 0.25) is 0 Å². The first-order chi connectivity index (χ1) is 3.89. The number of hydrogen-bond donors (Lipinski definition) is 0. The van der Waals surface area contributed by atoms with Crippen LogP contribution in [0, 0.1) is 0 Å². The molecule has 0 aromatic carbocycles. The SMILES string of the molecule is FC1=CC=C=CC=C1. The lowest BCUT2D eigenvalue weighted by Gasteiger charge is -1.75. The van der Waals surface area contributed by atoms with Gasteiger partial charge in [-0.2, -0.15) is 0 Å². The highest BCUT2D eigenvalue weighted by molar-refractivity contribution is 5.24. The Morgan fingerprint density at radius 3 is 3.12 bits per heavy atom. The van der Waals surface area contributed by atoms with Crippen molar-refractivity contribution in [2.24, 2.45) is 0 Å². The molecule has 0 fully saturated rings. The smallest absolute Gasteiger partial charge is 0.123 e. The topological polar surface area (TPSA) is 0 Å². The van der Waals surface area contributed by atoms with Crippen LogP contribution in [0.1, 0.15) is 0 Å². The van der Waals surface area contributed by atoms with E-state index in [2.05, 4.69) is 5.73 Å². The van der Waals surface area contributed by atoms with Crippen LogP contribution in [-0.4, -0.2) is 0 Å². The van der Waals surface area contributed by atoms with E-state index in [1.165, 1.54) is 18.2 Å². The van der Waals surface area contributed by atoms with Crippen LogP contribution in [-0.2, 0) is 0 Å². The molecule has 0 heterocycles. The summed E-state index contributed by atoms with van der Waals surface area (Å²) in [6.07, 6.45) is 7.55. The molecule has 0 saturated heterocycles. The minimum Gasteiger partial charge on any atom is -0.207 e. The lowest BCUT2D eigenvalue weighted by atomic mass is 10.4. The van der Waals surface area contributed by atoms with Crippen LogP contribution in [0.15, 0.2) is 41.9 Å². The van der Waals surface area contributed by atoms with Crippen LogP contribution < -0.4 is 0 Å². The quantitative estimate of drug-likeness (QED) is 0.417. The summed E-state index contributed by atoms with van der Waals surface area (Å²) < 4.78 is 12.1. The molecule has 0 aromatic rings. The first-order valence-electron chi connectivity index (χ1n) is 2.34. The Kier molecular flexibility index (Phi) is 1.45.